The van der Waals surface area contributed by atoms with Gasteiger partial charge in [-0.1, -0.05) is 0 Å². The molecule has 0 spiro atoms. The number of amides is 3. The van der Waals surface area contributed by atoms with Gasteiger partial charge in [0.05, 0.1) is 12.2 Å². The number of piperidine rings is 3. The van der Waals surface area contributed by atoms with Gasteiger partial charge in [0.1, 0.15) is 6.04 Å². The SMILES string of the molecule is O=C1CCC(N2Cc3c(ccc(N4CCN(CC5CCCN(CC6CCCNC6)C5)CC4)c3F)C2=O)C(=O)N1. The van der Waals surface area contributed by atoms with Crippen molar-refractivity contribution in [3.05, 3.63) is 29.1 Å². The molecule has 0 aromatic heterocycles. The van der Waals surface area contributed by atoms with E-state index in [9.17, 15) is 14.4 Å². The van der Waals surface area contributed by atoms with Gasteiger partial charge in [0.25, 0.3) is 5.91 Å². The molecule has 5 aliphatic rings. The lowest BCUT2D eigenvalue weighted by Crippen LogP contribution is -2.52. The Bertz CT molecular complexity index is 1100. The lowest BCUT2D eigenvalue weighted by Gasteiger charge is -2.41. The fraction of sp³-hybridized carbons (Fsp3) is 0.690. The number of benzene rings is 1. The number of piperazine rings is 1. The van der Waals surface area contributed by atoms with E-state index in [0.717, 1.165) is 45.2 Å². The molecule has 212 valence electrons. The van der Waals surface area contributed by atoms with Gasteiger partial charge in [-0.15, -0.1) is 0 Å². The molecule has 1 aromatic rings. The summed E-state index contributed by atoms with van der Waals surface area (Å²) in [4.78, 5) is 45.6. The number of nitrogens with one attached hydrogen (secondary N) is 2. The van der Waals surface area contributed by atoms with Gasteiger partial charge in [0.15, 0.2) is 5.82 Å². The number of halogens is 1. The van der Waals surface area contributed by atoms with E-state index in [1.807, 2.05) is 0 Å². The Morgan fingerprint density at radius 1 is 0.897 bits per heavy atom. The van der Waals surface area contributed by atoms with E-state index < -0.39 is 11.9 Å². The molecule has 2 N–H and O–H groups in total. The molecule has 1 aromatic carbocycles. The Morgan fingerprint density at radius 2 is 1.69 bits per heavy atom. The molecule has 0 radical (unpaired) electrons. The van der Waals surface area contributed by atoms with Crippen molar-refractivity contribution >= 4 is 23.4 Å². The molecule has 5 heterocycles. The zero-order valence-electron chi connectivity index (χ0n) is 22.8. The van der Waals surface area contributed by atoms with E-state index in [0.29, 0.717) is 22.7 Å². The van der Waals surface area contributed by atoms with E-state index in [1.165, 1.54) is 56.8 Å². The number of imide groups is 1. The molecule has 3 amide bonds. The molecule has 5 aliphatic heterocycles. The minimum absolute atomic E-state index is 0.0647. The average molecular weight is 541 g/mol. The maximum atomic E-state index is 15.7. The maximum Gasteiger partial charge on any atom is 0.255 e. The Labute approximate surface area is 230 Å². The van der Waals surface area contributed by atoms with E-state index in [1.54, 1.807) is 12.1 Å². The van der Waals surface area contributed by atoms with E-state index in [2.05, 4.69) is 25.3 Å². The van der Waals surface area contributed by atoms with Crippen LogP contribution in [0.2, 0.25) is 0 Å². The topological polar surface area (TPSA) is 88.2 Å². The second-order valence-electron chi connectivity index (χ2n) is 12.1. The third kappa shape index (κ3) is 5.69. The van der Waals surface area contributed by atoms with Crippen molar-refractivity contribution in [2.45, 2.75) is 51.1 Å². The van der Waals surface area contributed by atoms with Gasteiger partial charge in [-0.3, -0.25) is 24.6 Å². The first-order valence-electron chi connectivity index (χ1n) is 14.8. The maximum absolute atomic E-state index is 15.7. The van der Waals surface area contributed by atoms with Gasteiger partial charge < -0.3 is 20.0 Å². The number of rotatable bonds is 6. The van der Waals surface area contributed by atoms with Crippen LogP contribution in [0.15, 0.2) is 12.1 Å². The summed E-state index contributed by atoms with van der Waals surface area (Å²) in [7, 11) is 0. The second kappa shape index (κ2) is 11.5. The standard InChI is InChI=1S/C29H41FN6O3/c30-27-23-19-36(25-7-8-26(37)32-28(25)38)29(39)22(23)5-6-24(27)35-13-11-33(12-14-35)17-21-4-2-10-34(18-21)16-20-3-1-9-31-15-20/h5-6,20-21,25,31H,1-4,7-19H2,(H,32,37,38). The molecular formula is C29H41FN6O3. The lowest BCUT2D eigenvalue weighted by molar-refractivity contribution is -0.136. The van der Waals surface area contributed by atoms with Crippen LogP contribution in [0.3, 0.4) is 0 Å². The Kier molecular flexibility index (Phi) is 7.86. The number of hydrogen-bond donors (Lipinski definition) is 2. The molecule has 4 fully saturated rings. The first kappa shape index (κ1) is 26.7. The van der Waals surface area contributed by atoms with Gasteiger partial charge in [-0.25, -0.2) is 4.39 Å². The Hall–Kier alpha value is -2.56. The number of nitrogens with zero attached hydrogens (tertiary/aromatic N) is 4. The van der Waals surface area contributed by atoms with Crippen molar-refractivity contribution in [1.82, 2.24) is 25.3 Å². The molecule has 10 heteroatoms. The normalized spacial score (nSPS) is 29.1. The van der Waals surface area contributed by atoms with Gasteiger partial charge in [-0.05, 0) is 75.7 Å². The van der Waals surface area contributed by atoms with Crippen LogP contribution in [-0.4, -0.2) is 104 Å². The van der Waals surface area contributed by atoms with Crippen LogP contribution in [-0.2, 0) is 16.1 Å². The summed E-state index contributed by atoms with van der Waals surface area (Å²) in [6.07, 6.45) is 5.67. The van der Waals surface area contributed by atoms with Crippen molar-refractivity contribution < 1.29 is 18.8 Å². The fourth-order valence-electron chi connectivity index (χ4n) is 7.28. The number of hydrogen-bond acceptors (Lipinski definition) is 7. The molecule has 0 bridgehead atoms. The van der Waals surface area contributed by atoms with Crippen LogP contribution in [0, 0.1) is 17.7 Å². The van der Waals surface area contributed by atoms with Gasteiger partial charge >= 0.3 is 0 Å². The molecule has 0 saturated carbocycles. The predicted molar refractivity (Wildman–Crippen MR) is 146 cm³/mol. The molecular weight excluding hydrogens is 499 g/mol. The van der Waals surface area contributed by atoms with Crippen molar-refractivity contribution in [2.24, 2.45) is 11.8 Å². The molecule has 9 nitrogen and oxygen atoms in total. The van der Waals surface area contributed by atoms with Crippen LogP contribution >= 0.6 is 0 Å². The van der Waals surface area contributed by atoms with Crippen molar-refractivity contribution in [3.8, 4) is 0 Å². The summed E-state index contributed by atoms with van der Waals surface area (Å²) >= 11 is 0. The lowest BCUT2D eigenvalue weighted by atomic mass is 9.94. The number of likely N-dealkylation sites (tertiary alicyclic amines) is 1. The summed E-state index contributed by atoms with van der Waals surface area (Å²) in [5.74, 6) is -0.0140. The fourth-order valence-corrected chi connectivity index (χ4v) is 7.28. The van der Waals surface area contributed by atoms with Crippen LogP contribution < -0.4 is 15.5 Å². The summed E-state index contributed by atoms with van der Waals surface area (Å²) in [6.45, 7) is 10.4. The highest BCUT2D eigenvalue weighted by Gasteiger charge is 2.41. The summed E-state index contributed by atoms with van der Waals surface area (Å²) in [5, 5.41) is 5.85. The Balaban J connectivity index is 1.03. The largest absolute Gasteiger partial charge is 0.367 e. The van der Waals surface area contributed by atoms with E-state index in [4.69, 9.17) is 0 Å². The molecule has 0 aliphatic carbocycles. The average Bonchev–Trinajstić information content (AvgIpc) is 3.27. The van der Waals surface area contributed by atoms with Crippen molar-refractivity contribution in [2.75, 3.05) is 70.3 Å². The highest BCUT2D eigenvalue weighted by Crippen LogP contribution is 2.34. The van der Waals surface area contributed by atoms with Crippen LogP contribution in [0.1, 0.15) is 54.4 Å². The second-order valence-corrected chi connectivity index (χ2v) is 12.1. The predicted octanol–water partition coefficient (Wildman–Crippen LogP) is 1.42. The smallest absolute Gasteiger partial charge is 0.255 e. The summed E-state index contributed by atoms with van der Waals surface area (Å²) in [6, 6.07) is 2.69. The molecule has 3 atom stereocenters. The van der Waals surface area contributed by atoms with Crippen LogP contribution in [0.4, 0.5) is 10.1 Å². The molecule has 3 unspecified atom stereocenters. The van der Waals surface area contributed by atoms with Crippen molar-refractivity contribution in [1.29, 1.82) is 0 Å². The van der Waals surface area contributed by atoms with Crippen LogP contribution in [0.5, 0.6) is 0 Å². The highest BCUT2D eigenvalue weighted by atomic mass is 19.1. The minimum atomic E-state index is -0.732. The first-order valence-corrected chi connectivity index (χ1v) is 14.8. The monoisotopic (exact) mass is 540 g/mol. The zero-order chi connectivity index (χ0) is 26.9. The highest BCUT2D eigenvalue weighted by molar-refractivity contribution is 6.05. The number of carbonyl (C=O) groups is 3. The van der Waals surface area contributed by atoms with Crippen LogP contribution in [0.25, 0.3) is 0 Å². The van der Waals surface area contributed by atoms with Gasteiger partial charge in [-0.2, -0.15) is 0 Å². The third-order valence-corrected chi connectivity index (χ3v) is 9.38. The third-order valence-electron chi connectivity index (χ3n) is 9.38. The van der Waals surface area contributed by atoms with E-state index >= 15 is 4.39 Å². The zero-order valence-corrected chi connectivity index (χ0v) is 22.8. The number of anilines is 1. The van der Waals surface area contributed by atoms with E-state index in [-0.39, 0.29) is 37.0 Å². The summed E-state index contributed by atoms with van der Waals surface area (Å²) in [5.41, 5.74) is 1.22. The van der Waals surface area contributed by atoms with Gasteiger partial charge in [0, 0.05) is 63.4 Å². The molecule has 6 rings (SSSR count). The summed E-state index contributed by atoms with van der Waals surface area (Å²) < 4.78 is 15.7. The van der Waals surface area contributed by atoms with Crippen molar-refractivity contribution in [3.63, 3.8) is 0 Å². The quantitative estimate of drug-likeness (QED) is 0.528. The van der Waals surface area contributed by atoms with Gasteiger partial charge in [0.2, 0.25) is 11.8 Å². The number of fused-ring (bicyclic) bond motifs is 1. The minimum Gasteiger partial charge on any atom is -0.367 e. The molecule has 4 saturated heterocycles. The molecule has 39 heavy (non-hydrogen) atoms. The number of carbonyl (C=O) groups excluding carboxylic acids is 3. The Morgan fingerprint density at radius 3 is 2.46 bits per heavy atom. The first-order chi connectivity index (χ1) is 19.0.